The van der Waals surface area contributed by atoms with Crippen LogP contribution in [0.2, 0.25) is 0 Å². The Balaban J connectivity index is 1.69. The minimum absolute atomic E-state index is 0.113. The predicted octanol–water partition coefficient (Wildman–Crippen LogP) is 3.56. The number of anilines is 1. The minimum atomic E-state index is -4.93. The molecule has 0 saturated heterocycles. The Morgan fingerprint density at radius 2 is 1.60 bits per heavy atom. The van der Waals surface area contributed by atoms with E-state index < -0.39 is 73.6 Å². The second-order valence-corrected chi connectivity index (χ2v) is 8.46. The molecule has 1 amide bonds. The molecule has 2 aromatic carbocycles. The molecule has 0 fully saturated rings. The van der Waals surface area contributed by atoms with Crippen LogP contribution in [0, 0.1) is 26.0 Å². The number of hydrogen-bond donors (Lipinski definition) is 0. The van der Waals surface area contributed by atoms with Crippen molar-refractivity contribution in [1.82, 2.24) is 0 Å². The molecular weight excluding hydrogens is 502 g/mol. The zero-order chi connectivity index (χ0) is 25.7. The number of halogens is 4. The van der Waals surface area contributed by atoms with Gasteiger partial charge in [0.25, 0.3) is 16.7 Å². The lowest BCUT2D eigenvalue weighted by atomic mass is 9.96. The number of rotatable bonds is 5. The van der Waals surface area contributed by atoms with Gasteiger partial charge in [-0.1, -0.05) is 18.2 Å². The van der Waals surface area contributed by atoms with E-state index in [4.69, 9.17) is 0 Å². The Hall–Kier alpha value is -4.01. The van der Waals surface area contributed by atoms with Gasteiger partial charge in [0.15, 0.2) is 5.78 Å². The molecule has 0 aromatic heterocycles. The van der Waals surface area contributed by atoms with Crippen molar-refractivity contribution >= 4 is 29.1 Å². The van der Waals surface area contributed by atoms with Gasteiger partial charge < -0.3 is 4.74 Å². The van der Waals surface area contributed by atoms with Crippen LogP contribution in [0.25, 0.3) is 11.1 Å². The second-order valence-electron chi connectivity index (χ2n) is 7.30. The van der Waals surface area contributed by atoms with Gasteiger partial charge in [-0.25, -0.2) is 4.39 Å². The number of benzene rings is 2. The molecule has 2 atom stereocenters. The van der Waals surface area contributed by atoms with Gasteiger partial charge in [-0.3, -0.25) is 34.7 Å². The number of ether oxygens (including phenoxy) is 1. The van der Waals surface area contributed by atoms with Crippen molar-refractivity contribution < 1.29 is 41.7 Å². The lowest BCUT2D eigenvalue weighted by Gasteiger charge is -2.27. The molecule has 0 N–H and O–H groups in total. The topological polar surface area (TPSA) is 133 Å². The number of ketones is 1. The molecule has 0 radical (unpaired) electrons. The van der Waals surface area contributed by atoms with Gasteiger partial charge >= 0.3 is 6.36 Å². The number of amides is 1. The van der Waals surface area contributed by atoms with E-state index in [9.17, 15) is 43.0 Å². The fourth-order valence-electron chi connectivity index (χ4n) is 3.76. The van der Waals surface area contributed by atoms with Crippen LogP contribution in [0.5, 0.6) is 5.75 Å². The number of hydrogen-bond acceptors (Lipinski definition) is 8. The zero-order valence-corrected chi connectivity index (χ0v) is 17.8. The summed E-state index contributed by atoms with van der Waals surface area (Å²) >= 11 is 0.220. The summed E-state index contributed by atoms with van der Waals surface area (Å²) < 4.78 is 56.3. The number of nitro groups is 2. The van der Waals surface area contributed by atoms with Crippen LogP contribution < -0.4 is 9.64 Å². The summed E-state index contributed by atoms with van der Waals surface area (Å²) in [6.07, 6.45) is -4.93. The van der Waals surface area contributed by atoms with E-state index in [-0.39, 0.29) is 22.9 Å². The van der Waals surface area contributed by atoms with Gasteiger partial charge in [0.2, 0.25) is 0 Å². The first kappa shape index (κ1) is 24.1. The smallest absolute Gasteiger partial charge is 0.406 e. The maximum atomic E-state index is 15.0. The number of carbonyl (C=O) groups excluding carboxylic acids is 2. The van der Waals surface area contributed by atoms with Crippen LogP contribution in [0.4, 0.5) is 23.2 Å². The van der Waals surface area contributed by atoms with E-state index in [0.717, 1.165) is 24.3 Å². The highest BCUT2D eigenvalue weighted by Crippen LogP contribution is 2.44. The average Bonchev–Trinajstić information content (AvgIpc) is 3.18. The van der Waals surface area contributed by atoms with E-state index in [1.54, 1.807) is 0 Å². The molecule has 10 nitrogen and oxygen atoms in total. The van der Waals surface area contributed by atoms with E-state index in [1.165, 1.54) is 18.2 Å². The Labute approximate surface area is 196 Å². The first-order valence-corrected chi connectivity index (χ1v) is 10.5. The largest absolute Gasteiger partial charge is 0.573 e. The van der Waals surface area contributed by atoms with Crippen LogP contribution in [-0.2, 0) is 9.59 Å². The first-order valence-electron chi connectivity index (χ1n) is 9.54. The standard InChI is InChI=1S/C20H11F4N3O7S/c21-12-7-10(9-2-1-3-11(6-9)34-20(22,23)24)4-5-13(12)25-8-14(28)15-16(17(25)29)19(27(32)33)35-18(15)26(30)31/h1-7,18-19H,8H2. The molecule has 2 unspecified atom stereocenters. The van der Waals surface area contributed by atoms with Crippen LogP contribution in [0.1, 0.15) is 0 Å². The number of nitrogens with zero attached hydrogens (tertiary/aromatic N) is 3. The lowest BCUT2D eigenvalue weighted by molar-refractivity contribution is -0.491. The van der Waals surface area contributed by atoms with E-state index in [1.807, 2.05) is 0 Å². The molecule has 35 heavy (non-hydrogen) atoms. The number of carbonyl (C=O) groups is 2. The summed E-state index contributed by atoms with van der Waals surface area (Å²) in [5.74, 6) is -3.64. The van der Waals surface area contributed by atoms with Crippen LogP contribution >= 0.6 is 11.8 Å². The van der Waals surface area contributed by atoms with Crippen molar-refractivity contribution in [2.45, 2.75) is 17.1 Å². The summed E-state index contributed by atoms with van der Waals surface area (Å²) in [6, 6.07) is 7.95. The van der Waals surface area contributed by atoms with Gasteiger partial charge in [0.05, 0.1) is 17.8 Å². The highest BCUT2D eigenvalue weighted by Gasteiger charge is 2.56. The molecule has 2 aliphatic heterocycles. The SMILES string of the molecule is O=C1CN(c2ccc(-c3cccc(OC(F)(F)F)c3)cc2F)C(=O)C2=C1C([N+](=O)[O-])SC2[N+](=O)[O-]. The van der Waals surface area contributed by atoms with Crippen molar-refractivity contribution in [2.75, 3.05) is 11.4 Å². The zero-order valence-electron chi connectivity index (χ0n) is 17.0. The van der Waals surface area contributed by atoms with Crippen LogP contribution in [0.3, 0.4) is 0 Å². The summed E-state index contributed by atoms with van der Waals surface area (Å²) in [7, 11) is 0. The molecule has 2 aromatic rings. The van der Waals surface area contributed by atoms with E-state index >= 15 is 4.39 Å². The Kier molecular flexibility index (Phi) is 5.96. The molecule has 0 saturated carbocycles. The van der Waals surface area contributed by atoms with Gasteiger partial charge in [0.1, 0.15) is 17.1 Å². The monoisotopic (exact) mass is 513 g/mol. The van der Waals surface area contributed by atoms with Crippen LogP contribution in [0.15, 0.2) is 53.6 Å². The number of Topliss-reactive ketones (excluding diaryl/α,β-unsaturated/α-hetero) is 1. The quantitative estimate of drug-likeness (QED) is 0.337. The first-order chi connectivity index (χ1) is 16.4. The van der Waals surface area contributed by atoms with Crippen LogP contribution in [-0.4, -0.2) is 45.2 Å². The maximum absolute atomic E-state index is 15.0. The molecule has 182 valence electrons. The molecule has 2 aliphatic rings. The van der Waals surface area contributed by atoms with Crippen molar-refractivity contribution in [3.8, 4) is 16.9 Å². The summed E-state index contributed by atoms with van der Waals surface area (Å²) in [5, 5.41) is 19.0. The van der Waals surface area contributed by atoms with Gasteiger partial charge in [0, 0.05) is 21.6 Å². The Bertz CT molecular complexity index is 1310. The van der Waals surface area contributed by atoms with Crippen molar-refractivity contribution in [1.29, 1.82) is 0 Å². The molecule has 2 heterocycles. The molecule has 4 rings (SSSR count). The normalized spacial score (nSPS) is 20.2. The van der Waals surface area contributed by atoms with Gasteiger partial charge in [-0.05, 0) is 35.4 Å². The predicted molar refractivity (Wildman–Crippen MR) is 112 cm³/mol. The van der Waals surface area contributed by atoms with Gasteiger partial charge in [-0.2, -0.15) is 0 Å². The summed E-state index contributed by atoms with van der Waals surface area (Å²) in [6.45, 7) is -0.780. The highest BCUT2D eigenvalue weighted by atomic mass is 32.2. The summed E-state index contributed by atoms with van der Waals surface area (Å²) in [5.41, 5.74) is -1.43. The molecule has 15 heteroatoms. The third-order valence-electron chi connectivity index (χ3n) is 5.14. The fourth-order valence-corrected chi connectivity index (χ4v) is 4.96. The third-order valence-corrected chi connectivity index (χ3v) is 6.47. The fraction of sp³-hybridized carbons (Fsp3) is 0.200. The molecule has 0 spiro atoms. The van der Waals surface area contributed by atoms with Crippen molar-refractivity contribution in [2.24, 2.45) is 0 Å². The van der Waals surface area contributed by atoms with E-state index in [2.05, 4.69) is 4.74 Å². The Morgan fingerprint density at radius 3 is 2.20 bits per heavy atom. The molecule has 0 bridgehead atoms. The number of alkyl halides is 3. The van der Waals surface area contributed by atoms with Crippen molar-refractivity contribution in [3.05, 3.63) is 79.7 Å². The second kappa shape index (κ2) is 8.65. The average molecular weight is 513 g/mol. The van der Waals surface area contributed by atoms with E-state index in [0.29, 0.717) is 4.90 Å². The lowest BCUT2D eigenvalue weighted by Crippen LogP contribution is -2.45. The Morgan fingerprint density at radius 1 is 0.971 bits per heavy atom. The minimum Gasteiger partial charge on any atom is -0.406 e. The third kappa shape index (κ3) is 4.53. The summed E-state index contributed by atoms with van der Waals surface area (Å²) in [4.78, 5) is 47.1. The van der Waals surface area contributed by atoms with Gasteiger partial charge in [-0.15, -0.1) is 13.2 Å². The molecule has 0 aliphatic carbocycles. The number of thioether (sulfide) groups is 1. The highest BCUT2D eigenvalue weighted by molar-refractivity contribution is 8.00. The van der Waals surface area contributed by atoms with Crippen molar-refractivity contribution in [3.63, 3.8) is 0 Å². The molecular formula is C20H11F4N3O7S. The maximum Gasteiger partial charge on any atom is 0.573 e.